The number of benzene rings is 1. The summed E-state index contributed by atoms with van der Waals surface area (Å²) >= 11 is 1.28. The van der Waals surface area contributed by atoms with Crippen LogP contribution in [0.15, 0.2) is 41.3 Å². The molecule has 1 N–H and O–H groups in total. The molecule has 2 heterocycles. The molecule has 1 fully saturated rings. The van der Waals surface area contributed by atoms with E-state index in [4.69, 9.17) is 14.2 Å². The van der Waals surface area contributed by atoms with E-state index in [0.717, 1.165) is 12.8 Å². The van der Waals surface area contributed by atoms with Gasteiger partial charge in [-0.3, -0.25) is 4.79 Å². The SMILES string of the molecule is COc1cc(C=C(C#N)C(=O)NCC2CCCO2)ccc1OC(=O)c1cccs1. The highest BCUT2D eigenvalue weighted by Crippen LogP contribution is 2.30. The summed E-state index contributed by atoms with van der Waals surface area (Å²) in [6, 6.07) is 10.2. The van der Waals surface area contributed by atoms with Crippen LogP contribution in [0, 0.1) is 11.3 Å². The zero-order valence-corrected chi connectivity index (χ0v) is 16.7. The summed E-state index contributed by atoms with van der Waals surface area (Å²) in [5.74, 6) is -0.368. The van der Waals surface area contributed by atoms with Crippen LogP contribution in [0.5, 0.6) is 11.5 Å². The van der Waals surface area contributed by atoms with Crippen LogP contribution in [0.25, 0.3) is 6.08 Å². The first-order valence-corrected chi connectivity index (χ1v) is 9.94. The Balaban J connectivity index is 1.70. The summed E-state index contributed by atoms with van der Waals surface area (Å²) in [5.41, 5.74) is 0.537. The van der Waals surface area contributed by atoms with E-state index in [1.165, 1.54) is 24.5 Å². The minimum Gasteiger partial charge on any atom is -0.493 e. The highest BCUT2D eigenvalue weighted by molar-refractivity contribution is 7.12. The van der Waals surface area contributed by atoms with Crippen LogP contribution in [0.2, 0.25) is 0 Å². The topological polar surface area (TPSA) is 97.7 Å². The van der Waals surface area contributed by atoms with Gasteiger partial charge in [0.15, 0.2) is 11.5 Å². The normalized spacial score (nSPS) is 16.1. The molecule has 8 heteroatoms. The van der Waals surface area contributed by atoms with Gasteiger partial charge in [0.2, 0.25) is 0 Å². The van der Waals surface area contributed by atoms with Crippen molar-refractivity contribution in [1.82, 2.24) is 5.32 Å². The van der Waals surface area contributed by atoms with Gasteiger partial charge in [0.05, 0.1) is 13.2 Å². The molecule has 0 radical (unpaired) electrons. The van der Waals surface area contributed by atoms with E-state index in [9.17, 15) is 14.9 Å². The van der Waals surface area contributed by atoms with Crippen LogP contribution < -0.4 is 14.8 Å². The number of nitrogens with zero attached hydrogens (tertiary/aromatic N) is 1. The summed E-state index contributed by atoms with van der Waals surface area (Å²) in [6.45, 7) is 1.07. The molecule has 1 aromatic heterocycles. The molecule has 1 atom stereocenters. The van der Waals surface area contributed by atoms with E-state index >= 15 is 0 Å². The molecule has 1 aromatic carbocycles. The maximum absolute atomic E-state index is 12.3. The maximum atomic E-state index is 12.3. The van der Waals surface area contributed by atoms with E-state index in [0.29, 0.717) is 29.3 Å². The number of methoxy groups -OCH3 is 1. The fourth-order valence-electron chi connectivity index (χ4n) is 2.83. The Morgan fingerprint density at radius 3 is 2.90 bits per heavy atom. The molecular formula is C21H20N2O5S. The highest BCUT2D eigenvalue weighted by Gasteiger charge is 2.18. The molecule has 1 amide bonds. The number of carbonyl (C=O) groups is 2. The number of nitrogens with one attached hydrogen (secondary N) is 1. The summed E-state index contributed by atoms with van der Waals surface area (Å²) in [5, 5.41) is 13.9. The number of rotatable bonds is 7. The smallest absolute Gasteiger partial charge is 0.353 e. The minimum atomic E-state index is -0.479. The van der Waals surface area contributed by atoms with Gasteiger partial charge in [0.25, 0.3) is 5.91 Å². The van der Waals surface area contributed by atoms with Crippen LogP contribution in [-0.2, 0) is 9.53 Å². The lowest BCUT2D eigenvalue weighted by Crippen LogP contribution is -2.32. The molecule has 3 rings (SSSR count). The Bertz CT molecular complexity index is 940. The van der Waals surface area contributed by atoms with Gasteiger partial charge in [-0.2, -0.15) is 5.26 Å². The number of nitriles is 1. The number of hydrogen-bond acceptors (Lipinski definition) is 7. The fourth-order valence-corrected chi connectivity index (χ4v) is 3.42. The summed E-state index contributed by atoms with van der Waals surface area (Å²) in [7, 11) is 1.45. The van der Waals surface area contributed by atoms with E-state index in [-0.39, 0.29) is 17.4 Å². The monoisotopic (exact) mass is 412 g/mol. The molecule has 150 valence electrons. The lowest BCUT2D eigenvalue weighted by atomic mass is 10.1. The van der Waals surface area contributed by atoms with Crippen LogP contribution >= 0.6 is 11.3 Å². The van der Waals surface area contributed by atoms with Crippen molar-refractivity contribution in [3.63, 3.8) is 0 Å². The quantitative estimate of drug-likeness (QED) is 0.325. The lowest BCUT2D eigenvalue weighted by molar-refractivity contribution is -0.117. The van der Waals surface area contributed by atoms with E-state index in [1.54, 1.807) is 35.7 Å². The lowest BCUT2D eigenvalue weighted by Gasteiger charge is -2.11. The van der Waals surface area contributed by atoms with Crippen molar-refractivity contribution < 1.29 is 23.8 Å². The average molecular weight is 412 g/mol. The molecule has 7 nitrogen and oxygen atoms in total. The summed E-state index contributed by atoms with van der Waals surface area (Å²) in [4.78, 5) is 24.9. The van der Waals surface area contributed by atoms with Crippen molar-refractivity contribution in [3.05, 3.63) is 51.7 Å². The number of hydrogen-bond donors (Lipinski definition) is 1. The highest BCUT2D eigenvalue weighted by atomic mass is 32.1. The number of thiophene rings is 1. The second kappa shape index (κ2) is 9.87. The third-order valence-electron chi connectivity index (χ3n) is 4.30. The third kappa shape index (κ3) is 5.44. The molecule has 29 heavy (non-hydrogen) atoms. The number of ether oxygens (including phenoxy) is 3. The van der Waals surface area contributed by atoms with Crippen LogP contribution in [-0.4, -0.2) is 38.2 Å². The molecule has 0 bridgehead atoms. The van der Waals surface area contributed by atoms with Gasteiger partial charge in [-0.05, 0) is 48.1 Å². The molecule has 1 aliphatic rings. The zero-order chi connectivity index (χ0) is 20.6. The molecule has 0 aliphatic carbocycles. The van der Waals surface area contributed by atoms with Gasteiger partial charge < -0.3 is 19.5 Å². The largest absolute Gasteiger partial charge is 0.493 e. The fraction of sp³-hybridized carbons (Fsp3) is 0.286. The molecule has 1 saturated heterocycles. The third-order valence-corrected chi connectivity index (χ3v) is 5.15. The van der Waals surface area contributed by atoms with Gasteiger partial charge in [0.1, 0.15) is 16.5 Å². The van der Waals surface area contributed by atoms with Crippen molar-refractivity contribution in [1.29, 1.82) is 5.26 Å². The number of amides is 1. The first kappa shape index (κ1) is 20.6. The maximum Gasteiger partial charge on any atom is 0.353 e. The Hall–Kier alpha value is -3.15. The van der Waals surface area contributed by atoms with Crippen molar-refractivity contribution in [3.8, 4) is 17.6 Å². The Kier molecular flexibility index (Phi) is 7.00. The Morgan fingerprint density at radius 1 is 1.38 bits per heavy atom. The second-order valence-electron chi connectivity index (χ2n) is 6.29. The number of esters is 1. The summed E-state index contributed by atoms with van der Waals surface area (Å²) in [6.07, 6.45) is 3.33. The van der Waals surface area contributed by atoms with Crippen molar-refractivity contribution in [2.24, 2.45) is 0 Å². The minimum absolute atomic E-state index is 0.00342. The molecule has 0 saturated carbocycles. The Morgan fingerprint density at radius 2 is 2.24 bits per heavy atom. The van der Waals surface area contributed by atoms with Crippen LogP contribution in [0.4, 0.5) is 0 Å². The summed E-state index contributed by atoms with van der Waals surface area (Å²) < 4.78 is 16.1. The average Bonchev–Trinajstić information content (AvgIpc) is 3.45. The van der Waals surface area contributed by atoms with Gasteiger partial charge in [-0.15, -0.1) is 11.3 Å². The predicted octanol–water partition coefficient (Wildman–Crippen LogP) is 3.18. The van der Waals surface area contributed by atoms with E-state index < -0.39 is 11.9 Å². The second-order valence-corrected chi connectivity index (χ2v) is 7.24. The first-order valence-electron chi connectivity index (χ1n) is 9.06. The van der Waals surface area contributed by atoms with Crippen LogP contribution in [0.1, 0.15) is 28.1 Å². The first-order chi connectivity index (χ1) is 14.1. The van der Waals surface area contributed by atoms with Crippen molar-refractivity contribution in [2.45, 2.75) is 18.9 Å². The molecule has 1 aliphatic heterocycles. The van der Waals surface area contributed by atoms with Gasteiger partial charge in [-0.1, -0.05) is 12.1 Å². The predicted molar refractivity (Wildman–Crippen MR) is 108 cm³/mol. The number of carbonyl (C=O) groups excluding carboxylic acids is 2. The van der Waals surface area contributed by atoms with Gasteiger partial charge in [0, 0.05) is 13.2 Å². The van der Waals surface area contributed by atoms with Crippen molar-refractivity contribution >= 4 is 29.3 Å². The molecule has 0 spiro atoms. The van der Waals surface area contributed by atoms with Crippen molar-refractivity contribution in [2.75, 3.05) is 20.3 Å². The van der Waals surface area contributed by atoms with Gasteiger partial charge in [-0.25, -0.2) is 4.79 Å². The van der Waals surface area contributed by atoms with E-state index in [2.05, 4.69) is 5.32 Å². The Labute approximate surface area is 172 Å². The van der Waals surface area contributed by atoms with E-state index in [1.807, 2.05) is 6.07 Å². The zero-order valence-electron chi connectivity index (χ0n) is 15.8. The molecular weight excluding hydrogens is 392 g/mol. The van der Waals surface area contributed by atoms with Crippen LogP contribution in [0.3, 0.4) is 0 Å². The molecule has 1 unspecified atom stereocenters. The molecule has 2 aromatic rings. The standard InChI is InChI=1S/C21H20N2O5S/c1-26-18-11-14(6-7-17(18)28-21(25)19-5-3-9-29-19)10-15(12-22)20(24)23-13-16-4-2-8-27-16/h3,5-7,9-11,16H,2,4,8,13H2,1H3,(H,23,24). The van der Waals surface area contributed by atoms with Gasteiger partial charge >= 0.3 is 5.97 Å².